The van der Waals surface area contributed by atoms with Crippen molar-refractivity contribution in [3.8, 4) is 11.5 Å². The van der Waals surface area contributed by atoms with Crippen molar-refractivity contribution in [1.29, 1.82) is 0 Å². The molecule has 1 aromatic carbocycles. The van der Waals surface area contributed by atoms with Crippen LogP contribution in [-0.4, -0.2) is 71.9 Å². The van der Waals surface area contributed by atoms with Gasteiger partial charge in [0.1, 0.15) is 5.69 Å². The molecule has 1 unspecified atom stereocenters. The van der Waals surface area contributed by atoms with Crippen molar-refractivity contribution in [3.05, 3.63) is 47.3 Å². The standard InChI is InChI=1S/C25H32F3N3O4/c1-16(2)35-19-6-5-17(13-20(19)34-4)23(33)30-11-9-24(10-12-30)21-7-8-22(25(26,27)28)31(21)18(15-32)14-29(24)3/h5-8,13,16,18,32H,9-12,14-15H2,1-4H3. The van der Waals surface area contributed by atoms with E-state index in [1.807, 2.05) is 25.8 Å². The van der Waals surface area contributed by atoms with Gasteiger partial charge in [-0.05, 0) is 64.1 Å². The van der Waals surface area contributed by atoms with E-state index in [-0.39, 0.29) is 18.6 Å². The Balaban J connectivity index is 1.57. The van der Waals surface area contributed by atoms with E-state index in [1.54, 1.807) is 23.1 Å². The number of fused-ring (bicyclic) bond motifs is 2. The number of benzene rings is 1. The predicted molar refractivity (Wildman–Crippen MR) is 124 cm³/mol. The molecule has 35 heavy (non-hydrogen) atoms. The maximum atomic E-state index is 13.7. The number of hydrogen-bond acceptors (Lipinski definition) is 5. The fourth-order valence-electron chi connectivity index (χ4n) is 5.41. The normalized spacial score (nSPS) is 20.3. The third kappa shape index (κ3) is 4.49. The Labute approximate surface area is 203 Å². The van der Waals surface area contributed by atoms with E-state index in [4.69, 9.17) is 9.47 Å². The summed E-state index contributed by atoms with van der Waals surface area (Å²) in [6.45, 7) is 4.51. The molecule has 0 saturated carbocycles. The summed E-state index contributed by atoms with van der Waals surface area (Å²) in [5, 5.41) is 9.82. The van der Waals surface area contributed by atoms with Crippen LogP contribution in [-0.2, 0) is 11.7 Å². The molecule has 0 bridgehead atoms. The average molecular weight is 496 g/mol. The van der Waals surface area contributed by atoms with E-state index in [9.17, 15) is 23.1 Å². The number of aromatic nitrogens is 1. The molecule has 1 saturated heterocycles. The monoisotopic (exact) mass is 495 g/mol. The predicted octanol–water partition coefficient (Wildman–Crippen LogP) is 3.91. The van der Waals surface area contributed by atoms with Crippen LogP contribution in [0.2, 0.25) is 0 Å². The summed E-state index contributed by atoms with van der Waals surface area (Å²) in [6, 6.07) is 7.02. The molecule has 1 fully saturated rings. The van der Waals surface area contributed by atoms with Crippen molar-refractivity contribution >= 4 is 5.91 Å². The van der Waals surface area contributed by atoms with Gasteiger partial charge < -0.3 is 24.0 Å². The maximum Gasteiger partial charge on any atom is 0.431 e. The minimum Gasteiger partial charge on any atom is -0.493 e. The van der Waals surface area contributed by atoms with Crippen molar-refractivity contribution in [2.45, 2.75) is 50.6 Å². The highest BCUT2D eigenvalue weighted by atomic mass is 19.4. The van der Waals surface area contributed by atoms with Gasteiger partial charge in [0.15, 0.2) is 11.5 Å². The van der Waals surface area contributed by atoms with E-state index in [1.165, 1.54) is 17.7 Å². The first-order chi connectivity index (χ1) is 16.5. The number of carbonyl (C=O) groups is 1. The Morgan fingerprint density at radius 2 is 1.86 bits per heavy atom. The maximum absolute atomic E-state index is 13.7. The third-order valence-corrected chi connectivity index (χ3v) is 7.13. The van der Waals surface area contributed by atoms with Crippen LogP contribution in [0.15, 0.2) is 30.3 Å². The summed E-state index contributed by atoms with van der Waals surface area (Å²) >= 11 is 0. The number of aliphatic hydroxyl groups is 1. The molecule has 3 heterocycles. The second kappa shape index (κ2) is 9.39. The van der Waals surface area contributed by atoms with Gasteiger partial charge in [-0.1, -0.05) is 0 Å². The van der Waals surface area contributed by atoms with E-state index < -0.39 is 23.5 Å². The molecule has 2 aromatic rings. The Morgan fingerprint density at radius 3 is 2.43 bits per heavy atom. The molecule has 1 amide bonds. The Bertz CT molecular complexity index is 1070. The molecule has 1 N–H and O–H groups in total. The smallest absolute Gasteiger partial charge is 0.431 e. The zero-order valence-electron chi connectivity index (χ0n) is 20.4. The molecule has 0 aliphatic carbocycles. The molecule has 192 valence electrons. The van der Waals surface area contributed by atoms with Crippen LogP contribution >= 0.6 is 0 Å². The number of ether oxygens (including phenoxy) is 2. The first kappa shape index (κ1) is 25.4. The highest BCUT2D eigenvalue weighted by Gasteiger charge is 2.49. The number of halogens is 3. The number of nitrogens with zero attached hydrogens (tertiary/aromatic N) is 3. The Kier molecular flexibility index (Phi) is 6.80. The molecule has 1 spiro atoms. The molecule has 10 heteroatoms. The minimum absolute atomic E-state index is 0.0431. The number of carbonyl (C=O) groups excluding carboxylic acids is 1. The van der Waals surface area contributed by atoms with Crippen LogP contribution in [0.4, 0.5) is 13.2 Å². The summed E-state index contributed by atoms with van der Waals surface area (Å²) in [6.07, 6.45) is -3.58. The zero-order chi connectivity index (χ0) is 25.5. The fraction of sp³-hybridized carbons (Fsp3) is 0.560. The number of alkyl halides is 3. The Hall–Kier alpha value is -2.72. The molecule has 1 aromatic heterocycles. The van der Waals surface area contributed by atoms with Crippen LogP contribution in [0.5, 0.6) is 11.5 Å². The van der Waals surface area contributed by atoms with Crippen molar-refractivity contribution in [2.24, 2.45) is 0 Å². The summed E-state index contributed by atoms with van der Waals surface area (Å²) in [5.41, 5.74) is -0.373. The number of aliphatic hydroxyl groups excluding tert-OH is 1. The SMILES string of the molecule is COc1cc(C(=O)N2CCC3(CC2)c2ccc(C(F)(F)F)n2C(CO)CN3C)ccc1OC(C)C. The lowest BCUT2D eigenvalue weighted by atomic mass is 9.80. The lowest BCUT2D eigenvalue weighted by Gasteiger charge is -2.52. The molecule has 1 atom stereocenters. The number of rotatable bonds is 5. The van der Waals surface area contributed by atoms with Gasteiger partial charge in [-0.15, -0.1) is 0 Å². The van der Waals surface area contributed by atoms with Crippen molar-refractivity contribution in [3.63, 3.8) is 0 Å². The molecule has 2 aliphatic rings. The zero-order valence-corrected chi connectivity index (χ0v) is 20.4. The number of hydrogen-bond donors (Lipinski definition) is 1. The topological polar surface area (TPSA) is 67.2 Å². The summed E-state index contributed by atoms with van der Waals surface area (Å²) < 4.78 is 53.5. The number of methoxy groups -OCH3 is 1. The minimum atomic E-state index is -4.51. The van der Waals surface area contributed by atoms with Gasteiger partial charge in [0, 0.05) is 30.9 Å². The van der Waals surface area contributed by atoms with E-state index >= 15 is 0 Å². The van der Waals surface area contributed by atoms with Crippen LogP contribution in [0, 0.1) is 0 Å². The van der Waals surface area contributed by atoms with Crippen LogP contribution in [0.25, 0.3) is 0 Å². The number of piperidine rings is 1. The quantitative estimate of drug-likeness (QED) is 0.681. The van der Waals surface area contributed by atoms with Gasteiger partial charge >= 0.3 is 6.18 Å². The van der Waals surface area contributed by atoms with Gasteiger partial charge in [-0.25, -0.2) is 0 Å². The Morgan fingerprint density at radius 1 is 1.17 bits per heavy atom. The molecule has 4 rings (SSSR count). The van der Waals surface area contributed by atoms with Gasteiger partial charge in [0.05, 0.1) is 31.4 Å². The summed E-state index contributed by atoms with van der Waals surface area (Å²) in [5.74, 6) is 0.866. The second-order valence-corrected chi connectivity index (χ2v) is 9.54. The van der Waals surface area contributed by atoms with Gasteiger partial charge in [0.2, 0.25) is 0 Å². The van der Waals surface area contributed by atoms with Crippen molar-refractivity contribution < 1.29 is 32.5 Å². The van der Waals surface area contributed by atoms with Crippen LogP contribution in [0.3, 0.4) is 0 Å². The first-order valence-corrected chi connectivity index (χ1v) is 11.8. The van der Waals surface area contributed by atoms with E-state index in [0.29, 0.717) is 55.2 Å². The van der Waals surface area contributed by atoms with E-state index in [2.05, 4.69) is 0 Å². The van der Waals surface area contributed by atoms with Gasteiger partial charge in [-0.3, -0.25) is 9.69 Å². The molecule has 7 nitrogen and oxygen atoms in total. The van der Waals surface area contributed by atoms with Gasteiger partial charge in [-0.2, -0.15) is 13.2 Å². The van der Waals surface area contributed by atoms with Gasteiger partial charge in [0.25, 0.3) is 5.91 Å². The molecule has 2 aliphatic heterocycles. The van der Waals surface area contributed by atoms with Crippen molar-refractivity contribution in [2.75, 3.05) is 40.4 Å². The van der Waals surface area contributed by atoms with Crippen LogP contribution in [0.1, 0.15) is 54.5 Å². The average Bonchev–Trinajstić information content (AvgIpc) is 3.28. The van der Waals surface area contributed by atoms with E-state index in [0.717, 1.165) is 6.07 Å². The number of likely N-dealkylation sites (N-methyl/N-ethyl adjacent to an activating group) is 1. The largest absolute Gasteiger partial charge is 0.493 e. The lowest BCUT2D eigenvalue weighted by Crippen LogP contribution is -2.58. The van der Waals surface area contributed by atoms with Crippen molar-refractivity contribution in [1.82, 2.24) is 14.4 Å². The first-order valence-electron chi connectivity index (χ1n) is 11.8. The lowest BCUT2D eigenvalue weighted by molar-refractivity contribution is -0.146. The second-order valence-electron chi connectivity index (χ2n) is 9.54. The third-order valence-electron chi connectivity index (χ3n) is 7.13. The molecular weight excluding hydrogens is 463 g/mol. The number of amides is 1. The fourth-order valence-corrected chi connectivity index (χ4v) is 5.41. The van der Waals surface area contributed by atoms with Crippen LogP contribution < -0.4 is 9.47 Å². The molecular formula is C25H32F3N3O4. The molecule has 0 radical (unpaired) electrons. The highest BCUT2D eigenvalue weighted by molar-refractivity contribution is 5.95. The summed E-state index contributed by atoms with van der Waals surface area (Å²) in [7, 11) is 3.40. The number of likely N-dealkylation sites (tertiary alicyclic amines) is 1. The highest BCUT2D eigenvalue weighted by Crippen LogP contribution is 2.46. The summed E-state index contributed by atoms with van der Waals surface area (Å²) in [4.78, 5) is 17.0.